The summed E-state index contributed by atoms with van der Waals surface area (Å²) in [5, 5.41) is 3.53. The third kappa shape index (κ3) is 2.88. The lowest BCUT2D eigenvalue weighted by Crippen LogP contribution is -2.42. The highest BCUT2D eigenvalue weighted by Gasteiger charge is 2.27. The predicted molar refractivity (Wildman–Crippen MR) is 83.4 cm³/mol. The van der Waals surface area contributed by atoms with Crippen molar-refractivity contribution in [2.24, 2.45) is 5.92 Å². The highest BCUT2D eigenvalue weighted by molar-refractivity contribution is 9.10. The summed E-state index contributed by atoms with van der Waals surface area (Å²) in [5.74, 6) is 0.838. The molecule has 0 spiro atoms. The minimum absolute atomic E-state index is 0.558. The number of nitrogens with one attached hydrogen (secondary N) is 1. The Hall–Kier alpha value is -0.380. The Labute approximate surface area is 124 Å². The number of piperidine rings is 1. The second kappa shape index (κ2) is 5.94. The van der Waals surface area contributed by atoms with Crippen LogP contribution in [0.1, 0.15) is 36.9 Å². The fourth-order valence-corrected chi connectivity index (χ4v) is 4.12. The second-order valence-electron chi connectivity index (χ2n) is 5.94. The first-order valence-electron chi connectivity index (χ1n) is 7.48. The van der Waals surface area contributed by atoms with Crippen molar-refractivity contribution in [3.63, 3.8) is 0 Å². The van der Waals surface area contributed by atoms with Crippen LogP contribution in [0.4, 0.5) is 0 Å². The zero-order valence-corrected chi connectivity index (χ0v) is 13.2. The topological polar surface area (TPSA) is 15.3 Å². The van der Waals surface area contributed by atoms with Gasteiger partial charge in [0.05, 0.1) is 0 Å². The van der Waals surface area contributed by atoms with Crippen LogP contribution >= 0.6 is 15.9 Å². The number of benzene rings is 1. The molecule has 1 saturated heterocycles. The molecule has 19 heavy (non-hydrogen) atoms. The van der Waals surface area contributed by atoms with Crippen LogP contribution in [0.2, 0.25) is 0 Å². The first kappa shape index (κ1) is 13.6. The Balaban J connectivity index is 1.72. The van der Waals surface area contributed by atoms with Gasteiger partial charge in [-0.2, -0.15) is 0 Å². The number of rotatable bonds is 2. The molecule has 1 aromatic rings. The summed E-state index contributed by atoms with van der Waals surface area (Å²) in [6.45, 7) is 7.23. The molecule has 3 heteroatoms. The van der Waals surface area contributed by atoms with E-state index in [1.54, 1.807) is 0 Å². The Morgan fingerprint density at radius 2 is 2.32 bits per heavy atom. The van der Waals surface area contributed by atoms with E-state index in [9.17, 15) is 0 Å². The molecule has 3 rings (SSSR count). The molecule has 1 aromatic carbocycles. The number of halogens is 1. The lowest BCUT2D eigenvalue weighted by Gasteiger charge is -2.38. The fourth-order valence-electron chi connectivity index (χ4n) is 3.54. The van der Waals surface area contributed by atoms with Crippen LogP contribution in [0.25, 0.3) is 0 Å². The molecule has 1 N–H and O–H groups in total. The maximum atomic E-state index is 3.70. The molecule has 2 atom stereocenters. The number of nitrogens with zero attached hydrogens (tertiary/aromatic N) is 1. The van der Waals surface area contributed by atoms with E-state index in [4.69, 9.17) is 0 Å². The van der Waals surface area contributed by atoms with Crippen molar-refractivity contribution in [1.29, 1.82) is 0 Å². The molecule has 0 amide bonds. The van der Waals surface area contributed by atoms with Gasteiger partial charge in [0.15, 0.2) is 0 Å². The highest BCUT2D eigenvalue weighted by atomic mass is 79.9. The van der Waals surface area contributed by atoms with Gasteiger partial charge in [-0.15, -0.1) is 0 Å². The van der Waals surface area contributed by atoms with Gasteiger partial charge in [0.2, 0.25) is 0 Å². The Morgan fingerprint density at radius 1 is 1.42 bits per heavy atom. The largest absolute Gasteiger partial charge is 0.316 e. The molecule has 0 bridgehead atoms. The molecule has 2 heterocycles. The van der Waals surface area contributed by atoms with Crippen molar-refractivity contribution in [3.05, 3.63) is 33.8 Å². The first-order valence-corrected chi connectivity index (χ1v) is 8.27. The number of fused-ring (bicyclic) bond motifs is 1. The third-order valence-electron chi connectivity index (χ3n) is 4.69. The molecule has 0 aromatic heterocycles. The minimum Gasteiger partial charge on any atom is -0.316 e. The Kier molecular flexibility index (Phi) is 4.25. The minimum atomic E-state index is 0.558. The molecule has 104 valence electrons. The summed E-state index contributed by atoms with van der Waals surface area (Å²) in [5.41, 5.74) is 3.04. The van der Waals surface area contributed by atoms with Gasteiger partial charge in [-0.05, 0) is 62.4 Å². The van der Waals surface area contributed by atoms with E-state index in [0.29, 0.717) is 6.04 Å². The summed E-state index contributed by atoms with van der Waals surface area (Å²) in [7, 11) is 0. The molecular weight excluding hydrogens is 300 g/mol. The van der Waals surface area contributed by atoms with Crippen LogP contribution in [-0.4, -0.2) is 31.1 Å². The number of hydrogen-bond donors (Lipinski definition) is 1. The Morgan fingerprint density at radius 3 is 3.11 bits per heavy atom. The van der Waals surface area contributed by atoms with Gasteiger partial charge in [-0.1, -0.05) is 28.1 Å². The lowest BCUT2D eigenvalue weighted by atomic mass is 9.91. The van der Waals surface area contributed by atoms with Crippen LogP contribution in [0.3, 0.4) is 0 Å². The SMILES string of the molecule is CC1c2cccc(Br)c2CCN1CC1CCCNC1. The molecular formula is C16H23BrN2. The third-order valence-corrected chi connectivity index (χ3v) is 5.44. The van der Waals surface area contributed by atoms with Gasteiger partial charge >= 0.3 is 0 Å². The number of hydrogen-bond acceptors (Lipinski definition) is 2. The van der Waals surface area contributed by atoms with Gasteiger partial charge < -0.3 is 5.32 Å². The van der Waals surface area contributed by atoms with E-state index in [2.05, 4.69) is 51.3 Å². The summed E-state index contributed by atoms with van der Waals surface area (Å²) in [6, 6.07) is 7.20. The zero-order chi connectivity index (χ0) is 13.2. The maximum Gasteiger partial charge on any atom is 0.0323 e. The van der Waals surface area contributed by atoms with Crippen LogP contribution < -0.4 is 5.32 Å². The van der Waals surface area contributed by atoms with Crippen molar-refractivity contribution >= 4 is 15.9 Å². The van der Waals surface area contributed by atoms with E-state index in [1.165, 1.54) is 61.0 Å². The molecule has 2 aliphatic heterocycles. The van der Waals surface area contributed by atoms with Crippen LogP contribution in [0, 0.1) is 5.92 Å². The smallest absolute Gasteiger partial charge is 0.0323 e. The summed E-state index contributed by atoms with van der Waals surface area (Å²) < 4.78 is 1.29. The van der Waals surface area contributed by atoms with Gasteiger partial charge in [0, 0.05) is 23.6 Å². The van der Waals surface area contributed by atoms with Gasteiger partial charge in [0.1, 0.15) is 0 Å². The highest BCUT2D eigenvalue weighted by Crippen LogP contribution is 2.34. The fraction of sp³-hybridized carbons (Fsp3) is 0.625. The van der Waals surface area contributed by atoms with Crippen molar-refractivity contribution in [3.8, 4) is 0 Å². The van der Waals surface area contributed by atoms with E-state index in [-0.39, 0.29) is 0 Å². The van der Waals surface area contributed by atoms with E-state index >= 15 is 0 Å². The van der Waals surface area contributed by atoms with E-state index < -0.39 is 0 Å². The first-order chi connectivity index (χ1) is 9.25. The summed E-state index contributed by atoms with van der Waals surface area (Å²) in [6.07, 6.45) is 3.91. The molecule has 0 saturated carbocycles. The van der Waals surface area contributed by atoms with E-state index in [1.807, 2.05) is 0 Å². The van der Waals surface area contributed by atoms with Crippen molar-refractivity contribution < 1.29 is 0 Å². The van der Waals surface area contributed by atoms with Crippen molar-refractivity contribution in [2.75, 3.05) is 26.2 Å². The standard InChI is InChI=1S/C16H23BrN2/c1-12-14-5-2-6-16(17)15(14)7-9-19(12)11-13-4-3-8-18-10-13/h2,5-6,12-13,18H,3-4,7-11H2,1H3. The molecule has 0 radical (unpaired) electrons. The molecule has 2 nitrogen and oxygen atoms in total. The zero-order valence-electron chi connectivity index (χ0n) is 11.7. The quantitative estimate of drug-likeness (QED) is 0.898. The predicted octanol–water partition coefficient (Wildman–Crippen LogP) is 3.37. The average molecular weight is 323 g/mol. The molecule has 2 aliphatic rings. The molecule has 2 unspecified atom stereocenters. The molecule has 0 aliphatic carbocycles. The van der Waals surface area contributed by atoms with Crippen LogP contribution in [0.15, 0.2) is 22.7 Å². The normalized spacial score (nSPS) is 28.1. The van der Waals surface area contributed by atoms with Gasteiger partial charge in [-0.25, -0.2) is 0 Å². The van der Waals surface area contributed by atoms with Gasteiger partial charge in [0.25, 0.3) is 0 Å². The van der Waals surface area contributed by atoms with Gasteiger partial charge in [-0.3, -0.25) is 4.90 Å². The monoisotopic (exact) mass is 322 g/mol. The van der Waals surface area contributed by atoms with Crippen LogP contribution in [-0.2, 0) is 6.42 Å². The maximum absolute atomic E-state index is 3.70. The average Bonchev–Trinajstić information content (AvgIpc) is 2.44. The summed E-state index contributed by atoms with van der Waals surface area (Å²) >= 11 is 3.70. The summed E-state index contributed by atoms with van der Waals surface area (Å²) in [4.78, 5) is 2.67. The molecule has 1 fully saturated rings. The second-order valence-corrected chi connectivity index (χ2v) is 6.80. The van der Waals surface area contributed by atoms with Crippen molar-refractivity contribution in [1.82, 2.24) is 10.2 Å². The lowest BCUT2D eigenvalue weighted by molar-refractivity contribution is 0.154. The van der Waals surface area contributed by atoms with Crippen LogP contribution in [0.5, 0.6) is 0 Å². The van der Waals surface area contributed by atoms with Crippen molar-refractivity contribution in [2.45, 2.75) is 32.2 Å². The van der Waals surface area contributed by atoms with E-state index in [0.717, 1.165) is 5.92 Å². The Bertz CT molecular complexity index is 440.